The molecule has 0 radical (unpaired) electrons. The normalized spacial score (nSPS) is 9.78. The van der Waals surface area contributed by atoms with Gasteiger partial charge < -0.3 is 0 Å². The maximum absolute atomic E-state index is 5.66. The minimum absolute atomic E-state index is 0.694. The van der Waals surface area contributed by atoms with Crippen molar-refractivity contribution in [2.24, 2.45) is 0 Å². The van der Waals surface area contributed by atoms with E-state index < -0.39 is 0 Å². The molecular weight excluding hydrogens is 487 g/mol. The van der Waals surface area contributed by atoms with E-state index in [1.807, 2.05) is 6.07 Å². The molecule has 1 aromatic rings. The first-order chi connectivity index (χ1) is 4.20. The van der Waals surface area contributed by atoms with E-state index in [0.717, 1.165) is 31.8 Å². The molecule has 0 aliphatic carbocycles. The molecule has 3 heteroatoms. The van der Waals surface area contributed by atoms with Gasteiger partial charge in [0.1, 0.15) is 0 Å². The molecule has 2 N–H and O–H groups in total. The van der Waals surface area contributed by atoms with Gasteiger partial charge in [-0.15, -0.1) is 0 Å². The Bertz CT molecular complexity index is 222. The molecule has 0 spiro atoms. The molecule has 9 heavy (non-hydrogen) atoms. The van der Waals surface area contributed by atoms with Crippen LogP contribution in [0.4, 0.5) is 5.69 Å². The molecule has 0 aliphatic rings. The van der Waals surface area contributed by atoms with Crippen molar-refractivity contribution in [2.75, 3.05) is 5.73 Å². The zero-order valence-electron chi connectivity index (χ0n) is 5.22. The fourth-order valence-corrected chi connectivity index (χ4v) is 7.92. The van der Waals surface area contributed by atoms with Crippen LogP contribution in [0.15, 0.2) is 18.2 Å². The molecule has 0 fully saturated rings. The van der Waals surface area contributed by atoms with Crippen molar-refractivity contribution in [3.05, 3.63) is 18.2 Å². The molecule has 0 saturated heterocycles. The summed E-state index contributed by atoms with van der Waals surface area (Å²) in [4.78, 5) is 0. The summed E-state index contributed by atoms with van der Waals surface area (Å²) in [6.45, 7) is 0. The van der Waals surface area contributed by atoms with Crippen LogP contribution in [0, 0.1) is 0 Å². The topological polar surface area (TPSA) is 26.0 Å². The minimum atomic E-state index is 0.694. The summed E-state index contributed by atoms with van der Waals surface area (Å²) in [5, 5.41) is 0. The molecule has 0 bridgehead atoms. The number of benzene rings is 1. The molecule has 0 amide bonds. The van der Waals surface area contributed by atoms with Crippen LogP contribution in [0.25, 0.3) is 0 Å². The Morgan fingerprint density at radius 2 is 1.89 bits per heavy atom. The van der Waals surface area contributed by atoms with Gasteiger partial charge in [-0.1, -0.05) is 0 Å². The van der Waals surface area contributed by atoms with Crippen LogP contribution in [0.5, 0.6) is 0 Å². The van der Waals surface area contributed by atoms with Crippen molar-refractivity contribution in [1.29, 1.82) is 0 Å². The average Bonchev–Trinajstić information content (AvgIpc) is 1.80. The molecular formula is C6H5Hg2N. The maximum atomic E-state index is 5.66. The first kappa shape index (κ1) is 7.99. The van der Waals surface area contributed by atoms with E-state index in [2.05, 4.69) is 12.1 Å². The Morgan fingerprint density at radius 1 is 1.22 bits per heavy atom. The Labute approximate surface area is 87.0 Å². The predicted molar refractivity (Wildman–Crippen MR) is 30.1 cm³/mol. The molecule has 1 aromatic carbocycles. The summed E-state index contributed by atoms with van der Waals surface area (Å²) in [5.74, 6) is 0. The van der Waals surface area contributed by atoms with Gasteiger partial charge in [-0.05, 0) is 0 Å². The Morgan fingerprint density at radius 3 is 2.33 bits per heavy atom. The number of nitrogen functional groups attached to an aromatic ring is 1. The summed E-state index contributed by atoms with van der Waals surface area (Å²) in [6.07, 6.45) is 0. The first-order valence-electron chi connectivity index (χ1n) is 2.73. The summed E-state index contributed by atoms with van der Waals surface area (Å²) in [6, 6.07) is 6.42. The summed E-state index contributed by atoms with van der Waals surface area (Å²) in [7, 11) is 0. The second-order valence-corrected chi connectivity index (χ2v) is 8.17. The summed E-state index contributed by atoms with van der Waals surface area (Å²) >= 11 is 1.46. The molecule has 38 valence electrons. The van der Waals surface area contributed by atoms with Crippen molar-refractivity contribution >= 4 is 11.8 Å². The molecule has 0 aromatic heterocycles. The third kappa shape index (κ3) is 2.19. The van der Waals surface area contributed by atoms with Gasteiger partial charge in [-0.2, -0.15) is 0 Å². The van der Waals surface area contributed by atoms with Crippen molar-refractivity contribution in [2.45, 2.75) is 0 Å². The Kier molecular flexibility index (Phi) is 2.96. The third-order valence-electron chi connectivity index (χ3n) is 1.21. The first-order valence-corrected chi connectivity index (χ1v) is 8.23. The van der Waals surface area contributed by atoms with Crippen LogP contribution in [0.2, 0.25) is 0 Å². The average molecular weight is 492 g/mol. The van der Waals surface area contributed by atoms with Crippen molar-refractivity contribution in [3.8, 4) is 0 Å². The van der Waals surface area contributed by atoms with Crippen molar-refractivity contribution in [3.63, 3.8) is 0 Å². The molecule has 0 atom stereocenters. The fraction of sp³-hybridized carbons (Fsp3) is 0. The van der Waals surface area contributed by atoms with Gasteiger partial charge in [0.05, 0.1) is 0 Å². The van der Waals surface area contributed by atoms with Crippen molar-refractivity contribution < 1.29 is 52.2 Å². The van der Waals surface area contributed by atoms with Crippen molar-refractivity contribution in [1.82, 2.24) is 0 Å². The predicted octanol–water partition coefficient (Wildman–Crippen LogP) is -0.387. The van der Waals surface area contributed by atoms with Crippen LogP contribution in [0.3, 0.4) is 0 Å². The number of nitrogens with two attached hydrogens (primary N) is 1. The molecule has 1 rings (SSSR count). The van der Waals surface area contributed by atoms with Crippen LogP contribution >= 0.6 is 0 Å². The van der Waals surface area contributed by atoms with E-state index in [0.29, 0.717) is 26.1 Å². The van der Waals surface area contributed by atoms with Gasteiger partial charge in [0.15, 0.2) is 0 Å². The zero-order valence-corrected chi connectivity index (χ0v) is 16.2. The fourth-order valence-electron chi connectivity index (χ4n) is 0.659. The van der Waals surface area contributed by atoms with E-state index in [1.54, 1.807) is 0 Å². The van der Waals surface area contributed by atoms with Gasteiger partial charge in [0.2, 0.25) is 0 Å². The monoisotopic (exact) mass is 495 g/mol. The molecule has 0 unspecified atom stereocenters. The van der Waals surface area contributed by atoms with Crippen LogP contribution in [-0.2, 0) is 52.2 Å². The Balaban J connectivity index is 3.17. The van der Waals surface area contributed by atoms with Crippen LogP contribution < -0.4 is 11.9 Å². The van der Waals surface area contributed by atoms with E-state index in [-0.39, 0.29) is 0 Å². The molecule has 0 heterocycles. The van der Waals surface area contributed by atoms with Crippen LogP contribution in [-0.4, -0.2) is 0 Å². The van der Waals surface area contributed by atoms with E-state index >= 15 is 0 Å². The molecule has 0 aliphatic heterocycles. The zero-order chi connectivity index (χ0) is 6.85. The third-order valence-corrected chi connectivity index (χ3v) is 5.30. The summed E-state index contributed by atoms with van der Waals surface area (Å²) < 4.78 is 2.91. The number of rotatable bonds is 0. The quantitative estimate of drug-likeness (QED) is 0.388. The Hall–Kier alpha value is 0.890. The van der Waals surface area contributed by atoms with Gasteiger partial charge in [-0.25, -0.2) is 0 Å². The second kappa shape index (κ2) is 3.33. The SMILES string of the molecule is Nc1cc[c]([Hg])c[c]1[Hg]. The second-order valence-electron chi connectivity index (χ2n) is 2.03. The standard InChI is InChI=1S/C6H5N.2Hg/c7-6-4-2-1-3-5-6;;/h2-4H,7H2;;. The van der Waals surface area contributed by atoms with Crippen LogP contribution in [0.1, 0.15) is 0 Å². The van der Waals surface area contributed by atoms with Gasteiger partial charge in [-0.3, -0.25) is 0 Å². The molecule has 0 saturated carbocycles. The summed E-state index contributed by atoms with van der Waals surface area (Å²) in [5.41, 5.74) is 6.65. The number of anilines is 1. The van der Waals surface area contributed by atoms with E-state index in [9.17, 15) is 0 Å². The number of hydrogen-bond donors (Lipinski definition) is 1. The van der Waals surface area contributed by atoms with Gasteiger partial charge in [0, 0.05) is 0 Å². The van der Waals surface area contributed by atoms with E-state index in [1.165, 1.54) is 6.14 Å². The van der Waals surface area contributed by atoms with Gasteiger partial charge >= 0.3 is 88.0 Å². The number of hydrogen-bond acceptors (Lipinski definition) is 1. The van der Waals surface area contributed by atoms with E-state index in [4.69, 9.17) is 5.73 Å². The van der Waals surface area contributed by atoms with Gasteiger partial charge in [0.25, 0.3) is 0 Å². The molecule has 1 nitrogen and oxygen atoms in total.